The number of anilines is 1. The van der Waals surface area contributed by atoms with Gasteiger partial charge in [-0.3, -0.25) is 9.59 Å². The van der Waals surface area contributed by atoms with E-state index in [1.807, 2.05) is 0 Å². The Morgan fingerprint density at radius 1 is 0.909 bits per heavy atom. The van der Waals surface area contributed by atoms with Crippen molar-refractivity contribution < 1.29 is 32.2 Å². The van der Waals surface area contributed by atoms with Crippen LogP contribution in [0.2, 0.25) is 0 Å². The van der Waals surface area contributed by atoms with Gasteiger partial charge in [0, 0.05) is 50.5 Å². The number of rotatable bonds is 13. The number of ether oxygens (including phenoxy) is 3. The number of nitrogens with one attached hydrogen (secondary N) is 3. The average molecular weight is 480 g/mol. The molecule has 33 heavy (non-hydrogen) atoms. The molecule has 3 N–H and O–H groups in total. The van der Waals surface area contributed by atoms with Crippen molar-refractivity contribution in [3.63, 3.8) is 0 Å². The Bertz CT molecular complexity index is 1020. The van der Waals surface area contributed by atoms with Gasteiger partial charge in [-0.25, -0.2) is 13.1 Å². The standard InChI is InChI=1S/C22H29N3O7S/c1-30-12-4-10-24-33(28,29)20-7-5-17(6-8-20)25-21(26)9-11-23-22(27)16-13-18(31-2)15-19(14-16)32-3/h5-8,13-15,24H,4,9-12H2,1-3H3,(H,23,27)(H,25,26). The van der Waals surface area contributed by atoms with Crippen LogP contribution in [0.25, 0.3) is 0 Å². The molecule has 2 aromatic carbocycles. The van der Waals surface area contributed by atoms with Gasteiger partial charge in [-0.15, -0.1) is 0 Å². The van der Waals surface area contributed by atoms with E-state index in [0.717, 1.165) is 0 Å². The Balaban J connectivity index is 1.83. The molecule has 0 spiro atoms. The van der Waals surface area contributed by atoms with Crippen LogP contribution in [0.3, 0.4) is 0 Å². The molecule has 0 saturated carbocycles. The van der Waals surface area contributed by atoms with Crippen molar-refractivity contribution in [2.45, 2.75) is 17.7 Å². The highest BCUT2D eigenvalue weighted by molar-refractivity contribution is 7.89. The number of methoxy groups -OCH3 is 3. The Kier molecular flexibility index (Phi) is 10.1. The maximum atomic E-state index is 12.3. The first-order valence-corrected chi connectivity index (χ1v) is 11.7. The molecule has 180 valence electrons. The van der Waals surface area contributed by atoms with E-state index in [2.05, 4.69) is 15.4 Å². The number of sulfonamides is 1. The number of hydrogen-bond acceptors (Lipinski definition) is 7. The average Bonchev–Trinajstić information content (AvgIpc) is 2.81. The Morgan fingerprint density at radius 3 is 2.12 bits per heavy atom. The third-order valence-electron chi connectivity index (χ3n) is 4.52. The van der Waals surface area contributed by atoms with Crippen LogP contribution in [0.15, 0.2) is 47.4 Å². The van der Waals surface area contributed by atoms with Crippen molar-refractivity contribution in [2.24, 2.45) is 0 Å². The number of benzene rings is 2. The van der Waals surface area contributed by atoms with Crippen molar-refractivity contribution in [3.05, 3.63) is 48.0 Å². The van der Waals surface area contributed by atoms with Crippen molar-refractivity contribution in [3.8, 4) is 11.5 Å². The molecule has 0 unspecified atom stereocenters. The zero-order valence-electron chi connectivity index (χ0n) is 18.8. The summed E-state index contributed by atoms with van der Waals surface area (Å²) in [5.74, 6) is 0.264. The fraction of sp³-hybridized carbons (Fsp3) is 0.364. The van der Waals surface area contributed by atoms with Gasteiger partial charge < -0.3 is 24.8 Å². The largest absolute Gasteiger partial charge is 0.497 e. The lowest BCUT2D eigenvalue weighted by Crippen LogP contribution is -2.27. The third kappa shape index (κ3) is 8.37. The van der Waals surface area contributed by atoms with Crippen LogP contribution in [0, 0.1) is 0 Å². The van der Waals surface area contributed by atoms with E-state index in [4.69, 9.17) is 14.2 Å². The number of carbonyl (C=O) groups is 2. The predicted octanol–water partition coefficient (Wildman–Crippen LogP) is 1.78. The molecular weight excluding hydrogens is 450 g/mol. The Hall–Kier alpha value is -3.15. The molecule has 2 amide bonds. The molecular formula is C22H29N3O7S. The van der Waals surface area contributed by atoms with Gasteiger partial charge in [0.15, 0.2) is 0 Å². The fourth-order valence-corrected chi connectivity index (χ4v) is 3.85. The zero-order chi connectivity index (χ0) is 24.3. The van der Waals surface area contributed by atoms with Gasteiger partial charge in [0.05, 0.1) is 19.1 Å². The molecule has 2 aromatic rings. The van der Waals surface area contributed by atoms with Crippen molar-refractivity contribution in [1.82, 2.24) is 10.0 Å². The second-order valence-corrected chi connectivity index (χ2v) is 8.69. The van der Waals surface area contributed by atoms with E-state index in [1.165, 1.54) is 38.5 Å². The highest BCUT2D eigenvalue weighted by Crippen LogP contribution is 2.22. The topological polar surface area (TPSA) is 132 Å². The van der Waals surface area contributed by atoms with Gasteiger partial charge in [-0.1, -0.05) is 0 Å². The second kappa shape index (κ2) is 12.8. The summed E-state index contributed by atoms with van der Waals surface area (Å²) in [7, 11) is 0.896. The minimum absolute atomic E-state index is 0.0357. The molecule has 2 rings (SSSR count). The summed E-state index contributed by atoms with van der Waals surface area (Å²) in [6.07, 6.45) is 0.597. The summed E-state index contributed by atoms with van der Waals surface area (Å²) < 4.78 is 42.1. The van der Waals surface area contributed by atoms with Crippen molar-refractivity contribution in [1.29, 1.82) is 0 Å². The molecule has 11 heteroatoms. The minimum Gasteiger partial charge on any atom is -0.497 e. The number of carbonyl (C=O) groups excluding carboxylic acids is 2. The van der Waals surface area contributed by atoms with Crippen LogP contribution in [-0.4, -0.2) is 61.3 Å². The van der Waals surface area contributed by atoms with E-state index < -0.39 is 10.0 Å². The Morgan fingerprint density at radius 2 is 1.55 bits per heavy atom. The van der Waals surface area contributed by atoms with Gasteiger partial charge in [0.2, 0.25) is 15.9 Å². The molecule has 0 saturated heterocycles. The fourth-order valence-electron chi connectivity index (χ4n) is 2.78. The van der Waals surface area contributed by atoms with Crippen molar-refractivity contribution in [2.75, 3.05) is 46.3 Å². The van der Waals surface area contributed by atoms with Crippen LogP contribution in [0.5, 0.6) is 11.5 Å². The highest BCUT2D eigenvalue weighted by atomic mass is 32.2. The van der Waals surface area contributed by atoms with Crippen LogP contribution in [-0.2, 0) is 19.6 Å². The zero-order valence-corrected chi connectivity index (χ0v) is 19.7. The molecule has 0 atom stereocenters. The van der Waals surface area contributed by atoms with Crippen LogP contribution in [0.4, 0.5) is 5.69 Å². The molecule has 0 aromatic heterocycles. The predicted molar refractivity (Wildman–Crippen MR) is 123 cm³/mol. The molecule has 10 nitrogen and oxygen atoms in total. The molecule has 0 fully saturated rings. The van der Waals surface area contributed by atoms with Gasteiger partial charge in [0.25, 0.3) is 5.91 Å². The summed E-state index contributed by atoms with van der Waals surface area (Å²) in [6, 6.07) is 10.6. The summed E-state index contributed by atoms with van der Waals surface area (Å²) in [5, 5.41) is 5.34. The van der Waals surface area contributed by atoms with E-state index >= 15 is 0 Å². The monoisotopic (exact) mass is 479 g/mol. The van der Waals surface area contributed by atoms with Gasteiger partial charge in [-0.05, 0) is 42.8 Å². The lowest BCUT2D eigenvalue weighted by atomic mass is 10.2. The van der Waals surface area contributed by atoms with E-state index in [0.29, 0.717) is 35.8 Å². The van der Waals surface area contributed by atoms with Crippen molar-refractivity contribution >= 4 is 27.5 Å². The maximum absolute atomic E-state index is 12.3. The summed E-state index contributed by atoms with van der Waals surface area (Å²) in [6.45, 7) is 0.840. The lowest BCUT2D eigenvalue weighted by molar-refractivity contribution is -0.116. The van der Waals surface area contributed by atoms with E-state index in [9.17, 15) is 18.0 Å². The highest BCUT2D eigenvalue weighted by Gasteiger charge is 2.14. The van der Waals surface area contributed by atoms with Gasteiger partial charge >= 0.3 is 0 Å². The van der Waals surface area contributed by atoms with E-state index in [1.54, 1.807) is 25.3 Å². The molecule has 0 bridgehead atoms. The smallest absolute Gasteiger partial charge is 0.251 e. The summed E-state index contributed by atoms with van der Waals surface area (Å²) in [4.78, 5) is 24.6. The quantitative estimate of drug-likeness (QED) is 0.373. The number of hydrogen-bond donors (Lipinski definition) is 3. The summed E-state index contributed by atoms with van der Waals surface area (Å²) in [5.41, 5.74) is 0.793. The SMILES string of the molecule is COCCCNS(=O)(=O)c1ccc(NC(=O)CCNC(=O)c2cc(OC)cc(OC)c2)cc1. The summed E-state index contributed by atoms with van der Waals surface area (Å²) >= 11 is 0. The first-order valence-electron chi connectivity index (χ1n) is 10.2. The minimum atomic E-state index is -3.63. The van der Waals surface area contributed by atoms with Crippen LogP contribution >= 0.6 is 0 Å². The third-order valence-corrected chi connectivity index (χ3v) is 5.99. The van der Waals surface area contributed by atoms with Crippen LogP contribution < -0.4 is 24.8 Å². The molecule has 0 heterocycles. The lowest BCUT2D eigenvalue weighted by Gasteiger charge is -2.10. The molecule has 0 radical (unpaired) electrons. The molecule has 0 aliphatic heterocycles. The molecule has 0 aliphatic carbocycles. The Labute approximate surface area is 193 Å². The van der Waals surface area contributed by atoms with E-state index in [-0.39, 0.29) is 36.2 Å². The van der Waals surface area contributed by atoms with Gasteiger partial charge in [-0.2, -0.15) is 0 Å². The first-order chi connectivity index (χ1) is 15.8. The second-order valence-electron chi connectivity index (χ2n) is 6.92. The number of amides is 2. The molecule has 0 aliphatic rings. The van der Waals surface area contributed by atoms with Gasteiger partial charge in [0.1, 0.15) is 11.5 Å². The maximum Gasteiger partial charge on any atom is 0.251 e. The first kappa shape index (κ1) is 26.1. The normalized spacial score (nSPS) is 11.0. The van der Waals surface area contributed by atoms with Crippen LogP contribution in [0.1, 0.15) is 23.2 Å².